The molecule has 0 aliphatic carbocycles. The van der Waals surface area contributed by atoms with E-state index >= 15 is 0 Å². The van der Waals surface area contributed by atoms with Crippen LogP contribution in [0.25, 0.3) is 0 Å². The minimum Gasteiger partial charge on any atom is -0.322 e. The first kappa shape index (κ1) is 17.2. The summed E-state index contributed by atoms with van der Waals surface area (Å²) in [5, 5.41) is 3.62. The summed E-state index contributed by atoms with van der Waals surface area (Å²) in [5.74, 6) is -0.663. The van der Waals surface area contributed by atoms with Crippen molar-refractivity contribution in [2.75, 3.05) is 24.2 Å². The maximum absolute atomic E-state index is 13.2. The van der Waals surface area contributed by atoms with Crippen LogP contribution in [-0.2, 0) is 9.84 Å². The fourth-order valence-corrected chi connectivity index (χ4v) is 5.57. The van der Waals surface area contributed by atoms with Crippen molar-refractivity contribution in [2.45, 2.75) is 5.25 Å². The van der Waals surface area contributed by atoms with Crippen LogP contribution in [-0.4, -0.2) is 38.2 Å². The van der Waals surface area contributed by atoms with E-state index in [-0.39, 0.29) is 23.9 Å². The molecule has 128 valence electrons. The molecule has 0 saturated carbocycles. The summed E-state index contributed by atoms with van der Waals surface area (Å²) in [6.45, 7) is 0.203. The molecule has 0 spiro atoms. The number of urea groups is 1. The lowest BCUT2D eigenvalue weighted by atomic mass is 10.3. The Hall–Kier alpha value is -1.64. The molecule has 1 N–H and O–H groups in total. The molecular weight excluding hydrogens is 375 g/mol. The zero-order chi connectivity index (χ0) is 17.3. The maximum Gasteiger partial charge on any atom is 0.321 e. The quantitative estimate of drug-likeness (QED) is 0.855. The largest absolute Gasteiger partial charge is 0.322 e. The van der Waals surface area contributed by atoms with Gasteiger partial charge in [0, 0.05) is 23.7 Å². The molecule has 2 aromatic rings. The zero-order valence-corrected chi connectivity index (χ0v) is 14.8. The fourth-order valence-electron chi connectivity index (χ4n) is 2.49. The molecule has 1 fully saturated rings. The average molecular weight is 389 g/mol. The molecule has 0 bridgehead atoms. The standard InChI is InChI=1S/C15H14ClFN2O3S2/c16-11-8-10(3-4-12(11)17)18-15(20)19-5-7-24(21,22)14(9-19)13-2-1-6-23-13/h1-4,6,8,14H,5,7,9H2,(H,18,20)/t14-/m0/s1. The summed E-state index contributed by atoms with van der Waals surface area (Å²) >= 11 is 7.05. The van der Waals surface area contributed by atoms with E-state index < -0.39 is 26.9 Å². The Balaban J connectivity index is 1.75. The molecule has 5 nitrogen and oxygen atoms in total. The predicted molar refractivity (Wildman–Crippen MR) is 92.8 cm³/mol. The van der Waals surface area contributed by atoms with Crippen molar-refractivity contribution in [2.24, 2.45) is 0 Å². The number of carbonyl (C=O) groups is 1. The molecule has 2 heterocycles. The maximum atomic E-state index is 13.2. The Morgan fingerprint density at radius 3 is 2.83 bits per heavy atom. The van der Waals surface area contributed by atoms with Crippen LogP contribution in [0.2, 0.25) is 5.02 Å². The molecule has 1 aromatic heterocycles. The van der Waals surface area contributed by atoms with Gasteiger partial charge in [-0.05, 0) is 29.6 Å². The molecule has 1 aliphatic rings. The number of amides is 2. The van der Waals surface area contributed by atoms with Crippen LogP contribution in [0.5, 0.6) is 0 Å². The van der Waals surface area contributed by atoms with E-state index in [2.05, 4.69) is 5.32 Å². The van der Waals surface area contributed by atoms with Gasteiger partial charge in [0.05, 0.1) is 10.8 Å². The smallest absolute Gasteiger partial charge is 0.321 e. The van der Waals surface area contributed by atoms with Gasteiger partial charge in [-0.1, -0.05) is 17.7 Å². The van der Waals surface area contributed by atoms with E-state index in [0.717, 1.165) is 10.9 Å². The lowest BCUT2D eigenvalue weighted by Gasteiger charge is -2.32. The van der Waals surface area contributed by atoms with Gasteiger partial charge in [0.25, 0.3) is 0 Å². The van der Waals surface area contributed by atoms with Gasteiger partial charge in [-0.15, -0.1) is 11.3 Å². The Bertz CT molecular complexity index is 856. The first-order chi connectivity index (χ1) is 11.4. The monoisotopic (exact) mass is 388 g/mol. The molecule has 9 heteroatoms. The minimum absolute atomic E-state index is 0.0869. The summed E-state index contributed by atoms with van der Waals surface area (Å²) in [6, 6.07) is 6.98. The first-order valence-corrected chi connectivity index (χ1v) is 10.1. The van der Waals surface area contributed by atoms with E-state index in [1.165, 1.54) is 28.4 Å². The number of nitrogens with one attached hydrogen (secondary N) is 1. The molecule has 1 atom stereocenters. The number of hydrogen-bond donors (Lipinski definition) is 1. The lowest BCUT2D eigenvalue weighted by molar-refractivity contribution is 0.212. The Morgan fingerprint density at radius 1 is 1.38 bits per heavy atom. The number of benzene rings is 1. The molecule has 1 aromatic carbocycles. The fraction of sp³-hybridized carbons (Fsp3) is 0.267. The van der Waals surface area contributed by atoms with E-state index in [1.54, 1.807) is 12.1 Å². The Kier molecular flexibility index (Phi) is 4.80. The highest BCUT2D eigenvalue weighted by molar-refractivity contribution is 7.91. The molecule has 2 amide bonds. The van der Waals surface area contributed by atoms with E-state index in [9.17, 15) is 17.6 Å². The normalized spacial score (nSPS) is 19.9. The first-order valence-electron chi connectivity index (χ1n) is 7.13. The Labute approximate surface area is 148 Å². The molecule has 24 heavy (non-hydrogen) atoms. The summed E-state index contributed by atoms with van der Waals surface area (Å²) in [5.41, 5.74) is 0.354. The van der Waals surface area contributed by atoms with E-state index in [4.69, 9.17) is 11.6 Å². The van der Waals surface area contributed by atoms with Crippen molar-refractivity contribution in [3.63, 3.8) is 0 Å². The van der Waals surface area contributed by atoms with E-state index in [0.29, 0.717) is 5.69 Å². The molecule has 1 aliphatic heterocycles. The Morgan fingerprint density at radius 2 is 2.17 bits per heavy atom. The number of thiophene rings is 1. The third-order valence-corrected chi connectivity index (χ3v) is 7.23. The van der Waals surface area contributed by atoms with Gasteiger partial charge in [0.2, 0.25) is 0 Å². The van der Waals surface area contributed by atoms with Gasteiger partial charge >= 0.3 is 6.03 Å². The summed E-state index contributed by atoms with van der Waals surface area (Å²) in [7, 11) is -3.28. The van der Waals surface area contributed by atoms with Gasteiger partial charge in [0.15, 0.2) is 9.84 Å². The number of rotatable bonds is 2. The minimum atomic E-state index is -3.28. The molecule has 0 unspecified atom stereocenters. The number of carbonyl (C=O) groups excluding carboxylic acids is 1. The SMILES string of the molecule is O=C(Nc1ccc(F)c(Cl)c1)N1CCS(=O)(=O)[C@H](c2cccs2)C1. The van der Waals surface area contributed by atoms with Crippen molar-refractivity contribution >= 4 is 44.5 Å². The van der Waals surface area contributed by atoms with Crippen molar-refractivity contribution in [3.05, 3.63) is 51.4 Å². The van der Waals surface area contributed by atoms with Crippen molar-refractivity contribution < 1.29 is 17.6 Å². The van der Waals surface area contributed by atoms with Gasteiger partial charge in [-0.25, -0.2) is 17.6 Å². The zero-order valence-electron chi connectivity index (χ0n) is 12.4. The second kappa shape index (κ2) is 6.70. The number of anilines is 1. The highest BCUT2D eigenvalue weighted by atomic mass is 35.5. The number of sulfone groups is 1. The van der Waals surface area contributed by atoms with Crippen LogP contribution in [0, 0.1) is 5.82 Å². The number of hydrogen-bond acceptors (Lipinski definition) is 4. The van der Waals surface area contributed by atoms with Gasteiger partial charge in [-0.3, -0.25) is 0 Å². The van der Waals surface area contributed by atoms with Crippen LogP contribution in [0.3, 0.4) is 0 Å². The second-order valence-electron chi connectivity index (χ2n) is 5.38. The lowest BCUT2D eigenvalue weighted by Crippen LogP contribution is -2.47. The van der Waals surface area contributed by atoms with Crippen LogP contribution < -0.4 is 5.32 Å². The average Bonchev–Trinajstić information content (AvgIpc) is 3.04. The van der Waals surface area contributed by atoms with Crippen LogP contribution in [0.4, 0.5) is 14.9 Å². The molecule has 3 rings (SSSR count). The molecule has 0 radical (unpaired) electrons. The van der Waals surface area contributed by atoms with Crippen molar-refractivity contribution in [1.82, 2.24) is 4.90 Å². The van der Waals surface area contributed by atoms with Crippen LogP contribution in [0.1, 0.15) is 10.1 Å². The summed E-state index contributed by atoms with van der Waals surface area (Å²) < 4.78 is 37.7. The number of halogens is 2. The highest BCUT2D eigenvalue weighted by Crippen LogP contribution is 2.31. The molecular formula is C15H14ClFN2O3S2. The topological polar surface area (TPSA) is 66.5 Å². The van der Waals surface area contributed by atoms with Crippen LogP contribution >= 0.6 is 22.9 Å². The highest BCUT2D eigenvalue weighted by Gasteiger charge is 2.36. The van der Waals surface area contributed by atoms with Crippen LogP contribution in [0.15, 0.2) is 35.7 Å². The van der Waals surface area contributed by atoms with Gasteiger partial charge < -0.3 is 10.2 Å². The van der Waals surface area contributed by atoms with Gasteiger partial charge in [-0.2, -0.15) is 0 Å². The number of nitrogens with zero attached hydrogens (tertiary/aromatic N) is 1. The second-order valence-corrected chi connectivity index (χ2v) is 9.07. The third kappa shape index (κ3) is 3.55. The van der Waals surface area contributed by atoms with Crippen molar-refractivity contribution in [1.29, 1.82) is 0 Å². The summed E-state index contributed by atoms with van der Waals surface area (Å²) in [6.07, 6.45) is 0. The van der Waals surface area contributed by atoms with E-state index in [1.807, 2.05) is 5.38 Å². The predicted octanol–water partition coefficient (Wildman–Crippen LogP) is 3.54. The molecule has 1 saturated heterocycles. The van der Waals surface area contributed by atoms with Crippen molar-refractivity contribution in [3.8, 4) is 0 Å². The third-order valence-electron chi connectivity index (χ3n) is 3.78. The summed E-state index contributed by atoms with van der Waals surface area (Å²) in [4.78, 5) is 14.5. The van der Waals surface area contributed by atoms with Gasteiger partial charge in [0.1, 0.15) is 11.1 Å².